The predicted molar refractivity (Wildman–Crippen MR) is 125 cm³/mol. The van der Waals surface area contributed by atoms with Crippen LogP contribution in [0.5, 0.6) is 5.88 Å². The molecule has 0 amide bonds. The number of nitrogens with one attached hydrogen (secondary N) is 2. The number of rotatable bonds is 12. The maximum atomic E-state index is 5.58. The predicted octanol–water partition coefficient (Wildman–Crippen LogP) is 3.66. The molecule has 0 spiro atoms. The molecular formula is C20H38IN5O. The van der Waals surface area contributed by atoms with E-state index >= 15 is 0 Å². The Labute approximate surface area is 182 Å². The van der Waals surface area contributed by atoms with Gasteiger partial charge < -0.3 is 20.3 Å². The summed E-state index contributed by atoms with van der Waals surface area (Å²) in [5.74, 6) is 1.51. The van der Waals surface area contributed by atoms with E-state index in [1.165, 1.54) is 6.42 Å². The van der Waals surface area contributed by atoms with E-state index in [1.807, 2.05) is 19.1 Å². The zero-order chi connectivity index (χ0) is 19.2. The molecule has 1 heterocycles. The highest BCUT2D eigenvalue weighted by Crippen LogP contribution is 2.15. The maximum absolute atomic E-state index is 5.58. The Kier molecular flexibility index (Phi) is 15.3. The first-order valence-electron chi connectivity index (χ1n) is 9.98. The molecule has 1 aromatic heterocycles. The van der Waals surface area contributed by atoms with Crippen molar-refractivity contribution < 1.29 is 4.74 Å². The molecular weight excluding hydrogens is 453 g/mol. The molecule has 0 radical (unpaired) electrons. The van der Waals surface area contributed by atoms with Crippen molar-refractivity contribution in [1.29, 1.82) is 0 Å². The fourth-order valence-electron chi connectivity index (χ4n) is 2.76. The third-order valence-corrected chi connectivity index (χ3v) is 4.27. The standard InChI is InChI=1S/C20H37N5O.HI/c1-6-21-20(24-17(5)12-11-15-25(7-2)8-3)23-16-18-13-10-14-22-19(18)26-9-4;/h10,13-14,17H,6-9,11-12,15-16H2,1-5H3,(H2,21,23,24);1H. The van der Waals surface area contributed by atoms with E-state index in [-0.39, 0.29) is 24.0 Å². The van der Waals surface area contributed by atoms with Crippen molar-refractivity contribution in [3.8, 4) is 5.88 Å². The summed E-state index contributed by atoms with van der Waals surface area (Å²) in [5, 5.41) is 6.83. The summed E-state index contributed by atoms with van der Waals surface area (Å²) in [6.07, 6.45) is 4.06. The minimum atomic E-state index is 0. The van der Waals surface area contributed by atoms with Gasteiger partial charge in [-0.25, -0.2) is 9.98 Å². The SMILES string of the molecule is CCNC(=NCc1cccnc1OCC)NC(C)CCCN(CC)CC.I. The van der Waals surface area contributed by atoms with Crippen molar-refractivity contribution in [2.45, 2.75) is 60.0 Å². The molecule has 1 rings (SSSR count). The van der Waals surface area contributed by atoms with Gasteiger partial charge in [0.05, 0.1) is 13.2 Å². The molecule has 0 aromatic carbocycles. The summed E-state index contributed by atoms with van der Waals surface area (Å²) < 4.78 is 5.58. The van der Waals surface area contributed by atoms with Gasteiger partial charge in [-0.2, -0.15) is 0 Å². The minimum absolute atomic E-state index is 0. The van der Waals surface area contributed by atoms with Crippen LogP contribution in [0.15, 0.2) is 23.3 Å². The van der Waals surface area contributed by atoms with Crippen LogP contribution in [0.2, 0.25) is 0 Å². The Bertz CT molecular complexity index is 523. The highest BCUT2D eigenvalue weighted by atomic mass is 127. The Morgan fingerprint density at radius 1 is 1.26 bits per heavy atom. The van der Waals surface area contributed by atoms with Crippen LogP contribution in [0.1, 0.15) is 53.0 Å². The number of halogens is 1. The van der Waals surface area contributed by atoms with Gasteiger partial charge in [-0.05, 0) is 59.3 Å². The van der Waals surface area contributed by atoms with Gasteiger partial charge in [0.2, 0.25) is 5.88 Å². The van der Waals surface area contributed by atoms with Gasteiger partial charge in [-0.1, -0.05) is 19.9 Å². The van der Waals surface area contributed by atoms with Crippen LogP contribution < -0.4 is 15.4 Å². The van der Waals surface area contributed by atoms with Crippen LogP contribution in [0.3, 0.4) is 0 Å². The van der Waals surface area contributed by atoms with Gasteiger partial charge in [0, 0.05) is 24.3 Å². The third kappa shape index (κ3) is 10.7. The number of guanidine groups is 1. The Morgan fingerprint density at radius 3 is 2.63 bits per heavy atom. The molecule has 7 heteroatoms. The number of nitrogens with zero attached hydrogens (tertiary/aromatic N) is 3. The Morgan fingerprint density at radius 2 is 2.00 bits per heavy atom. The molecule has 0 bridgehead atoms. The second kappa shape index (κ2) is 15.9. The third-order valence-electron chi connectivity index (χ3n) is 4.27. The number of ether oxygens (including phenoxy) is 1. The van der Waals surface area contributed by atoms with Crippen LogP contribution in [-0.2, 0) is 6.54 Å². The van der Waals surface area contributed by atoms with Crippen molar-refractivity contribution >= 4 is 29.9 Å². The van der Waals surface area contributed by atoms with Gasteiger partial charge in [-0.15, -0.1) is 24.0 Å². The van der Waals surface area contributed by atoms with E-state index in [2.05, 4.69) is 48.2 Å². The lowest BCUT2D eigenvalue weighted by molar-refractivity contribution is 0.292. The monoisotopic (exact) mass is 491 g/mol. The van der Waals surface area contributed by atoms with Crippen molar-refractivity contribution in [1.82, 2.24) is 20.5 Å². The minimum Gasteiger partial charge on any atom is -0.478 e. The van der Waals surface area contributed by atoms with Crippen LogP contribution in [0.25, 0.3) is 0 Å². The molecule has 0 aliphatic rings. The Balaban J connectivity index is 0.00000676. The van der Waals surface area contributed by atoms with Gasteiger partial charge >= 0.3 is 0 Å². The zero-order valence-corrected chi connectivity index (χ0v) is 20.0. The normalized spacial score (nSPS) is 12.4. The molecule has 1 unspecified atom stereocenters. The lowest BCUT2D eigenvalue weighted by atomic mass is 10.2. The molecule has 0 saturated carbocycles. The van der Waals surface area contributed by atoms with Crippen molar-refractivity contribution in [2.24, 2.45) is 4.99 Å². The fraction of sp³-hybridized carbons (Fsp3) is 0.700. The molecule has 2 N–H and O–H groups in total. The molecule has 0 aliphatic heterocycles. The quantitative estimate of drug-likeness (QED) is 0.266. The summed E-state index contributed by atoms with van der Waals surface area (Å²) >= 11 is 0. The number of pyridine rings is 1. The lowest BCUT2D eigenvalue weighted by Crippen LogP contribution is -2.42. The largest absolute Gasteiger partial charge is 0.478 e. The van der Waals surface area contributed by atoms with Crippen LogP contribution in [0.4, 0.5) is 0 Å². The van der Waals surface area contributed by atoms with Crippen molar-refractivity contribution in [3.05, 3.63) is 23.9 Å². The lowest BCUT2D eigenvalue weighted by Gasteiger charge is -2.21. The van der Waals surface area contributed by atoms with Gasteiger partial charge in [0.25, 0.3) is 0 Å². The van der Waals surface area contributed by atoms with E-state index in [4.69, 9.17) is 9.73 Å². The van der Waals surface area contributed by atoms with E-state index < -0.39 is 0 Å². The van der Waals surface area contributed by atoms with Gasteiger partial charge in [0.15, 0.2) is 5.96 Å². The molecule has 27 heavy (non-hydrogen) atoms. The molecule has 1 aromatic rings. The van der Waals surface area contributed by atoms with Crippen molar-refractivity contribution in [3.63, 3.8) is 0 Å². The number of hydrogen-bond donors (Lipinski definition) is 2. The van der Waals surface area contributed by atoms with Crippen LogP contribution in [-0.4, -0.2) is 54.7 Å². The smallest absolute Gasteiger partial charge is 0.218 e. The fourth-order valence-corrected chi connectivity index (χ4v) is 2.76. The maximum Gasteiger partial charge on any atom is 0.218 e. The first-order valence-corrected chi connectivity index (χ1v) is 9.98. The number of hydrogen-bond acceptors (Lipinski definition) is 4. The average Bonchev–Trinajstić information content (AvgIpc) is 2.65. The highest BCUT2D eigenvalue weighted by Gasteiger charge is 2.08. The van der Waals surface area contributed by atoms with Crippen LogP contribution in [0, 0.1) is 0 Å². The van der Waals surface area contributed by atoms with Gasteiger partial charge in [0.1, 0.15) is 0 Å². The molecule has 0 aliphatic carbocycles. The van der Waals surface area contributed by atoms with E-state index in [1.54, 1.807) is 6.20 Å². The average molecular weight is 491 g/mol. The topological polar surface area (TPSA) is 61.8 Å². The van der Waals surface area contributed by atoms with Crippen LogP contribution >= 0.6 is 24.0 Å². The molecule has 6 nitrogen and oxygen atoms in total. The summed E-state index contributed by atoms with van der Waals surface area (Å²) in [6, 6.07) is 4.31. The molecule has 1 atom stereocenters. The Hall–Kier alpha value is -1.09. The van der Waals surface area contributed by atoms with E-state index in [0.717, 1.165) is 44.1 Å². The summed E-state index contributed by atoms with van der Waals surface area (Å²) in [4.78, 5) is 11.5. The molecule has 0 fully saturated rings. The molecule has 156 valence electrons. The van der Waals surface area contributed by atoms with E-state index in [0.29, 0.717) is 25.1 Å². The van der Waals surface area contributed by atoms with Gasteiger partial charge in [-0.3, -0.25) is 0 Å². The number of aliphatic imine (C=N–C) groups is 1. The second-order valence-electron chi connectivity index (χ2n) is 6.31. The summed E-state index contributed by atoms with van der Waals surface area (Å²) in [5.41, 5.74) is 1.00. The molecule has 0 saturated heterocycles. The number of aromatic nitrogens is 1. The summed E-state index contributed by atoms with van der Waals surface area (Å²) in [7, 11) is 0. The summed E-state index contributed by atoms with van der Waals surface area (Å²) in [6.45, 7) is 16.1. The second-order valence-corrected chi connectivity index (χ2v) is 6.31. The first-order chi connectivity index (χ1) is 12.6. The van der Waals surface area contributed by atoms with E-state index in [9.17, 15) is 0 Å². The van der Waals surface area contributed by atoms with Crippen molar-refractivity contribution in [2.75, 3.05) is 32.8 Å². The zero-order valence-electron chi connectivity index (χ0n) is 17.6. The highest BCUT2D eigenvalue weighted by molar-refractivity contribution is 14.0. The first kappa shape index (κ1) is 25.9.